The van der Waals surface area contributed by atoms with Gasteiger partial charge >= 0.3 is 0 Å². The fourth-order valence-corrected chi connectivity index (χ4v) is 2.35. The highest BCUT2D eigenvalue weighted by atomic mass is 16.5. The second-order valence-corrected chi connectivity index (χ2v) is 4.94. The van der Waals surface area contributed by atoms with Gasteiger partial charge in [-0.15, -0.1) is 0 Å². The van der Waals surface area contributed by atoms with Crippen molar-refractivity contribution in [2.45, 2.75) is 25.9 Å². The Kier molecular flexibility index (Phi) is 5.22. The molecule has 0 aliphatic carbocycles. The van der Waals surface area contributed by atoms with Gasteiger partial charge < -0.3 is 14.8 Å². The number of benzene rings is 1. The van der Waals surface area contributed by atoms with Crippen molar-refractivity contribution in [3.63, 3.8) is 0 Å². The molecule has 2 rings (SSSR count). The number of ether oxygens (including phenoxy) is 2. The molecular formula is C16H23N3O2. The molecule has 0 aliphatic heterocycles. The highest BCUT2D eigenvalue weighted by molar-refractivity contribution is 5.43. The summed E-state index contributed by atoms with van der Waals surface area (Å²) in [5.41, 5.74) is 2.22. The first kappa shape index (κ1) is 15.4. The molecule has 1 unspecified atom stereocenters. The Morgan fingerprint density at radius 3 is 2.52 bits per heavy atom. The monoisotopic (exact) mass is 289 g/mol. The van der Waals surface area contributed by atoms with E-state index in [9.17, 15) is 0 Å². The minimum atomic E-state index is 0.256. The predicted octanol–water partition coefficient (Wildman–Crippen LogP) is 2.68. The molecule has 114 valence electrons. The van der Waals surface area contributed by atoms with E-state index in [4.69, 9.17) is 9.47 Å². The first-order valence-electron chi connectivity index (χ1n) is 7.11. The second-order valence-electron chi connectivity index (χ2n) is 4.94. The third kappa shape index (κ3) is 3.76. The van der Waals surface area contributed by atoms with Crippen LogP contribution in [0, 0.1) is 0 Å². The summed E-state index contributed by atoms with van der Waals surface area (Å²) >= 11 is 0. The molecule has 1 N–H and O–H groups in total. The molecule has 1 heterocycles. The minimum absolute atomic E-state index is 0.256. The molecule has 5 heteroatoms. The second kappa shape index (κ2) is 7.13. The van der Waals surface area contributed by atoms with E-state index >= 15 is 0 Å². The summed E-state index contributed by atoms with van der Waals surface area (Å²) in [6, 6.07) is 8.32. The van der Waals surface area contributed by atoms with Gasteiger partial charge in [0.15, 0.2) is 11.5 Å². The molecular weight excluding hydrogens is 266 g/mol. The van der Waals surface area contributed by atoms with Crippen molar-refractivity contribution >= 4 is 0 Å². The first-order chi connectivity index (χ1) is 10.2. The quantitative estimate of drug-likeness (QED) is 0.851. The molecule has 1 aromatic carbocycles. The number of nitrogens with zero attached hydrogens (tertiary/aromatic N) is 2. The maximum absolute atomic E-state index is 5.37. The number of hydrogen-bond donors (Lipinski definition) is 1. The fraction of sp³-hybridized carbons (Fsp3) is 0.438. The third-order valence-corrected chi connectivity index (χ3v) is 3.52. The fourth-order valence-electron chi connectivity index (χ4n) is 2.35. The van der Waals surface area contributed by atoms with Crippen LogP contribution in [0.1, 0.15) is 30.6 Å². The molecule has 0 fully saturated rings. The molecule has 0 radical (unpaired) electrons. The lowest BCUT2D eigenvalue weighted by Gasteiger charge is -2.18. The van der Waals surface area contributed by atoms with Crippen LogP contribution in [-0.4, -0.2) is 24.0 Å². The summed E-state index contributed by atoms with van der Waals surface area (Å²) in [6.07, 6.45) is 2.94. The Labute approximate surface area is 125 Å². The van der Waals surface area contributed by atoms with Gasteiger partial charge in [0, 0.05) is 25.8 Å². The lowest BCUT2D eigenvalue weighted by molar-refractivity contribution is 0.353. The highest BCUT2D eigenvalue weighted by Gasteiger charge is 2.13. The van der Waals surface area contributed by atoms with Crippen molar-refractivity contribution in [2.24, 2.45) is 7.05 Å². The van der Waals surface area contributed by atoms with Crippen LogP contribution in [0.2, 0.25) is 0 Å². The molecule has 1 atom stereocenters. The van der Waals surface area contributed by atoms with Gasteiger partial charge in [-0.25, -0.2) is 0 Å². The zero-order valence-electron chi connectivity index (χ0n) is 13.1. The number of rotatable bonds is 7. The molecule has 0 aliphatic rings. The Morgan fingerprint density at radius 2 is 1.95 bits per heavy atom. The average molecular weight is 289 g/mol. The molecule has 1 aromatic heterocycles. The lowest BCUT2D eigenvalue weighted by Crippen LogP contribution is -2.20. The summed E-state index contributed by atoms with van der Waals surface area (Å²) < 4.78 is 12.5. The van der Waals surface area contributed by atoms with Crippen LogP contribution >= 0.6 is 0 Å². The van der Waals surface area contributed by atoms with E-state index < -0.39 is 0 Å². The van der Waals surface area contributed by atoms with Gasteiger partial charge in [0.2, 0.25) is 0 Å². The van der Waals surface area contributed by atoms with Crippen LogP contribution in [0.5, 0.6) is 11.5 Å². The molecule has 0 bridgehead atoms. The summed E-state index contributed by atoms with van der Waals surface area (Å²) in [5, 5.41) is 7.91. The third-order valence-electron chi connectivity index (χ3n) is 3.52. The highest BCUT2D eigenvalue weighted by Crippen LogP contribution is 2.30. The number of aryl methyl sites for hydroxylation is 1. The van der Waals surface area contributed by atoms with Crippen molar-refractivity contribution in [1.29, 1.82) is 0 Å². The van der Waals surface area contributed by atoms with Crippen LogP contribution in [-0.2, 0) is 13.6 Å². The first-order valence-corrected chi connectivity index (χ1v) is 7.11. The van der Waals surface area contributed by atoms with E-state index in [-0.39, 0.29) is 6.04 Å². The number of aromatic nitrogens is 2. The topological polar surface area (TPSA) is 48.3 Å². The summed E-state index contributed by atoms with van der Waals surface area (Å²) in [4.78, 5) is 0. The Hall–Kier alpha value is -2.01. The van der Waals surface area contributed by atoms with E-state index in [1.807, 2.05) is 36.1 Å². The predicted molar refractivity (Wildman–Crippen MR) is 82.6 cm³/mol. The van der Waals surface area contributed by atoms with Crippen molar-refractivity contribution < 1.29 is 9.47 Å². The van der Waals surface area contributed by atoms with Crippen molar-refractivity contribution in [3.05, 3.63) is 41.7 Å². The van der Waals surface area contributed by atoms with E-state index in [1.54, 1.807) is 14.2 Å². The molecule has 0 saturated heterocycles. The van der Waals surface area contributed by atoms with Crippen LogP contribution in [0.3, 0.4) is 0 Å². The van der Waals surface area contributed by atoms with Gasteiger partial charge in [0.25, 0.3) is 0 Å². The van der Waals surface area contributed by atoms with Crippen LogP contribution in [0.25, 0.3) is 0 Å². The molecule has 0 amide bonds. The van der Waals surface area contributed by atoms with E-state index in [2.05, 4.69) is 23.4 Å². The average Bonchev–Trinajstić information content (AvgIpc) is 2.93. The zero-order chi connectivity index (χ0) is 15.2. The lowest BCUT2D eigenvalue weighted by atomic mass is 10.0. The summed E-state index contributed by atoms with van der Waals surface area (Å²) in [7, 11) is 5.23. The van der Waals surface area contributed by atoms with Crippen molar-refractivity contribution in [2.75, 3.05) is 14.2 Å². The van der Waals surface area contributed by atoms with E-state index in [1.165, 1.54) is 5.56 Å². The van der Waals surface area contributed by atoms with Gasteiger partial charge in [-0.1, -0.05) is 13.0 Å². The summed E-state index contributed by atoms with van der Waals surface area (Å²) in [6.45, 7) is 2.90. The van der Waals surface area contributed by atoms with Crippen LogP contribution in [0.15, 0.2) is 30.5 Å². The van der Waals surface area contributed by atoms with Gasteiger partial charge in [-0.05, 0) is 30.2 Å². The standard InChI is InChI=1S/C16H23N3O2/c1-5-14(17-11-13-8-9-19(2)18-13)12-6-7-15(20-3)16(10-12)21-4/h6-10,14,17H,5,11H2,1-4H3. The van der Waals surface area contributed by atoms with Crippen LogP contribution < -0.4 is 14.8 Å². The maximum Gasteiger partial charge on any atom is 0.161 e. The number of hydrogen-bond acceptors (Lipinski definition) is 4. The number of methoxy groups -OCH3 is 2. The normalized spacial score (nSPS) is 12.2. The maximum atomic E-state index is 5.37. The van der Waals surface area contributed by atoms with E-state index in [0.29, 0.717) is 0 Å². The van der Waals surface area contributed by atoms with E-state index in [0.717, 1.165) is 30.2 Å². The minimum Gasteiger partial charge on any atom is -0.493 e. The molecule has 5 nitrogen and oxygen atoms in total. The molecule has 0 saturated carbocycles. The number of nitrogens with one attached hydrogen (secondary N) is 1. The Balaban J connectivity index is 2.09. The van der Waals surface area contributed by atoms with Gasteiger partial charge in [0.1, 0.15) is 0 Å². The SMILES string of the molecule is CCC(NCc1ccn(C)n1)c1ccc(OC)c(OC)c1. The van der Waals surface area contributed by atoms with Crippen molar-refractivity contribution in [3.8, 4) is 11.5 Å². The molecule has 0 spiro atoms. The summed E-state index contributed by atoms with van der Waals surface area (Å²) in [5.74, 6) is 1.51. The zero-order valence-corrected chi connectivity index (χ0v) is 13.1. The Bertz CT molecular complexity index is 581. The molecule has 21 heavy (non-hydrogen) atoms. The van der Waals surface area contributed by atoms with Gasteiger partial charge in [0.05, 0.1) is 19.9 Å². The van der Waals surface area contributed by atoms with Gasteiger partial charge in [-0.2, -0.15) is 5.10 Å². The van der Waals surface area contributed by atoms with Crippen molar-refractivity contribution in [1.82, 2.24) is 15.1 Å². The largest absolute Gasteiger partial charge is 0.493 e. The Morgan fingerprint density at radius 1 is 1.19 bits per heavy atom. The van der Waals surface area contributed by atoms with Gasteiger partial charge in [-0.3, -0.25) is 4.68 Å². The molecule has 2 aromatic rings. The van der Waals surface area contributed by atoms with Crippen LogP contribution in [0.4, 0.5) is 0 Å². The smallest absolute Gasteiger partial charge is 0.161 e.